The summed E-state index contributed by atoms with van der Waals surface area (Å²) in [4.78, 5) is 23.7. The van der Waals surface area contributed by atoms with Crippen molar-refractivity contribution in [2.75, 3.05) is 5.32 Å². The highest BCUT2D eigenvalue weighted by molar-refractivity contribution is 6.01. The second-order valence-electron chi connectivity index (χ2n) is 6.08. The standard InChI is InChI=1S/C15H17F3N6O2/c1-23-14(9(6-20-23)13(19)26)21-11(25)7-24-10-5-3-2-4-8(10)12(22-24)15(16,17)18/h6H,2-5,7H2,1H3,(H2,19,26)(H,21,25). The molecule has 0 saturated heterocycles. The molecule has 3 rings (SSSR count). The molecule has 0 radical (unpaired) electrons. The molecule has 0 aromatic carbocycles. The van der Waals surface area contributed by atoms with Gasteiger partial charge in [-0.2, -0.15) is 23.4 Å². The predicted molar refractivity (Wildman–Crippen MR) is 84.2 cm³/mol. The van der Waals surface area contributed by atoms with Gasteiger partial charge in [-0.15, -0.1) is 0 Å². The number of primary amides is 1. The molecule has 2 aromatic heterocycles. The summed E-state index contributed by atoms with van der Waals surface area (Å²) in [5.74, 6) is -1.32. The molecule has 0 spiro atoms. The van der Waals surface area contributed by atoms with Crippen molar-refractivity contribution in [3.8, 4) is 0 Å². The van der Waals surface area contributed by atoms with Crippen LogP contribution >= 0.6 is 0 Å². The van der Waals surface area contributed by atoms with Crippen LogP contribution in [0, 0.1) is 0 Å². The largest absolute Gasteiger partial charge is 0.435 e. The molecule has 2 aromatic rings. The second kappa shape index (κ2) is 6.46. The highest BCUT2D eigenvalue weighted by Crippen LogP contribution is 2.35. The first-order chi connectivity index (χ1) is 12.2. The molecule has 11 heteroatoms. The minimum absolute atomic E-state index is 0.0133. The van der Waals surface area contributed by atoms with Gasteiger partial charge < -0.3 is 11.1 Å². The van der Waals surface area contributed by atoms with E-state index < -0.39 is 30.2 Å². The van der Waals surface area contributed by atoms with Gasteiger partial charge in [-0.25, -0.2) is 0 Å². The maximum absolute atomic E-state index is 13.2. The van der Waals surface area contributed by atoms with Gasteiger partial charge in [0.2, 0.25) is 5.91 Å². The monoisotopic (exact) mass is 370 g/mol. The first-order valence-electron chi connectivity index (χ1n) is 7.96. The Bertz CT molecular complexity index is 868. The molecule has 3 N–H and O–H groups in total. The third kappa shape index (κ3) is 3.28. The van der Waals surface area contributed by atoms with E-state index in [-0.39, 0.29) is 16.9 Å². The van der Waals surface area contributed by atoms with Crippen molar-refractivity contribution in [3.63, 3.8) is 0 Å². The summed E-state index contributed by atoms with van der Waals surface area (Å²) in [7, 11) is 1.50. The summed E-state index contributed by atoms with van der Waals surface area (Å²) in [5, 5.41) is 9.93. The number of fused-ring (bicyclic) bond motifs is 1. The van der Waals surface area contributed by atoms with Crippen molar-refractivity contribution in [2.24, 2.45) is 12.8 Å². The molecule has 1 aliphatic carbocycles. The quantitative estimate of drug-likeness (QED) is 0.844. The van der Waals surface area contributed by atoms with Crippen molar-refractivity contribution in [3.05, 3.63) is 28.7 Å². The van der Waals surface area contributed by atoms with Crippen LogP contribution in [0.3, 0.4) is 0 Å². The first kappa shape index (κ1) is 18.0. The molecule has 26 heavy (non-hydrogen) atoms. The van der Waals surface area contributed by atoms with Gasteiger partial charge >= 0.3 is 6.18 Å². The molecule has 1 aliphatic rings. The highest BCUT2D eigenvalue weighted by atomic mass is 19.4. The van der Waals surface area contributed by atoms with Gasteiger partial charge in [0.25, 0.3) is 5.91 Å². The van der Waals surface area contributed by atoms with E-state index in [0.717, 1.165) is 11.1 Å². The molecule has 8 nitrogen and oxygen atoms in total. The van der Waals surface area contributed by atoms with E-state index in [1.165, 1.54) is 17.9 Å². The van der Waals surface area contributed by atoms with Crippen molar-refractivity contribution in [1.29, 1.82) is 0 Å². The van der Waals surface area contributed by atoms with E-state index in [0.29, 0.717) is 25.0 Å². The Morgan fingerprint density at radius 2 is 2.00 bits per heavy atom. The third-order valence-corrected chi connectivity index (χ3v) is 4.28. The smallest absolute Gasteiger partial charge is 0.365 e. The molecule has 140 valence electrons. The lowest BCUT2D eigenvalue weighted by Crippen LogP contribution is -2.24. The summed E-state index contributed by atoms with van der Waals surface area (Å²) in [5.41, 5.74) is 4.89. The molecule has 0 saturated carbocycles. The normalized spacial score (nSPS) is 14.2. The van der Waals surface area contributed by atoms with Crippen molar-refractivity contribution in [1.82, 2.24) is 19.6 Å². The van der Waals surface area contributed by atoms with Crippen LogP contribution in [-0.4, -0.2) is 31.4 Å². The van der Waals surface area contributed by atoms with Crippen LogP contribution in [-0.2, 0) is 37.4 Å². The van der Waals surface area contributed by atoms with E-state index >= 15 is 0 Å². The van der Waals surface area contributed by atoms with Crippen molar-refractivity contribution in [2.45, 2.75) is 38.4 Å². The maximum Gasteiger partial charge on any atom is 0.435 e. The lowest BCUT2D eigenvalue weighted by atomic mass is 9.95. The van der Waals surface area contributed by atoms with E-state index in [9.17, 15) is 22.8 Å². The zero-order valence-corrected chi connectivity index (χ0v) is 13.9. The third-order valence-electron chi connectivity index (χ3n) is 4.28. The molecule has 0 aliphatic heterocycles. The summed E-state index contributed by atoms with van der Waals surface area (Å²) in [6.07, 6.45) is -1.24. The summed E-state index contributed by atoms with van der Waals surface area (Å²) in [6.45, 7) is -0.401. The van der Waals surface area contributed by atoms with Crippen LogP contribution in [0.4, 0.5) is 19.0 Å². The predicted octanol–water partition coefficient (Wildman–Crippen LogP) is 1.25. The van der Waals surface area contributed by atoms with Crippen LogP contribution in [0.1, 0.15) is 40.2 Å². The summed E-state index contributed by atoms with van der Waals surface area (Å²) >= 11 is 0. The van der Waals surface area contributed by atoms with E-state index in [4.69, 9.17) is 5.73 Å². The first-order valence-corrected chi connectivity index (χ1v) is 7.96. The second-order valence-corrected chi connectivity index (χ2v) is 6.08. The number of hydrogen-bond donors (Lipinski definition) is 2. The topological polar surface area (TPSA) is 108 Å². The minimum atomic E-state index is -4.57. The number of nitrogens with one attached hydrogen (secondary N) is 1. The van der Waals surface area contributed by atoms with Crippen molar-refractivity contribution < 1.29 is 22.8 Å². The van der Waals surface area contributed by atoms with E-state index in [2.05, 4.69) is 15.5 Å². The van der Waals surface area contributed by atoms with Crippen LogP contribution in [0.25, 0.3) is 0 Å². The van der Waals surface area contributed by atoms with Crippen LogP contribution < -0.4 is 11.1 Å². The van der Waals surface area contributed by atoms with Gasteiger partial charge in [0.05, 0.1) is 6.20 Å². The highest BCUT2D eigenvalue weighted by Gasteiger charge is 2.39. The van der Waals surface area contributed by atoms with Crippen LogP contribution in [0.5, 0.6) is 0 Å². The number of nitrogens with zero attached hydrogens (tertiary/aromatic N) is 4. The lowest BCUT2D eigenvalue weighted by Gasteiger charge is -2.14. The van der Waals surface area contributed by atoms with Gasteiger partial charge in [0.15, 0.2) is 5.69 Å². The Morgan fingerprint density at radius 3 is 2.65 bits per heavy atom. The Balaban J connectivity index is 1.86. The number of rotatable bonds is 4. The van der Waals surface area contributed by atoms with Gasteiger partial charge in [-0.05, 0) is 25.7 Å². The number of aryl methyl sites for hydroxylation is 1. The molecular weight excluding hydrogens is 353 g/mol. The average molecular weight is 370 g/mol. The zero-order chi connectivity index (χ0) is 19.1. The number of aromatic nitrogens is 4. The van der Waals surface area contributed by atoms with E-state index in [1.807, 2.05) is 0 Å². The maximum atomic E-state index is 13.2. The fourth-order valence-electron chi connectivity index (χ4n) is 3.10. The molecule has 2 heterocycles. The molecule has 0 fully saturated rings. The molecule has 0 unspecified atom stereocenters. The number of amides is 2. The lowest BCUT2D eigenvalue weighted by molar-refractivity contribution is -0.142. The number of carbonyl (C=O) groups excluding carboxylic acids is 2. The van der Waals surface area contributed by atoms with Crippen LogP contribution in [0.2, 0.25) is 0 Å². The SMILES string of the molecule is Cn1ncc(C(N)=O)c1NC(=O)Cn1nc(C(F)(F)F)c2c1CCCC2. The number of carbonyl (C=O) groups is 2. The summed E-state index contributed by atoms with van der Waals surface area (Å²) in [6, 6.07) is 0. The number of halogens is 3. The molecular formula is C15H17F3N6O2. The van der Waals surface area contributed by atoms with E-state index in [1.54, 1.807) is 0 Å². The Kier molecular flexibility index (Phi) is 4.46. The Hall–Kier alpha value is -2.85. The Morgan fingerprint density at radius 1 is 1.31 bits per heavy atom. The zero-order valence-electron chi connectivity index (χ0n) is 13.9. The van der Waals surface area contributed by atoms with Gasteiger partial charge in [-0.1, -0.05) is 0 Å². The molecule has 2 amide bonds. The average Bonchev–Trinajstić information content (AvgIpc) is 3.09. The van der Waals surface area contributed by atoms with Gasteiger partial charge in [0.1, 0.15) is 17.9 Å². The molecule has 0 atom stereocenters. The minimum Gasteiger partial charge on any atom is -0.365 e. The van der Waals surface area contributed by atoms with Gasteiger partial charge in [-0.3, -0.25) is 19.0 Å². The number of hydrogen-bond acceptors (Lipinski definition) is 4. The van der Waals surface area contributed by atoms with Gasteiger partial charge in [0, 0.05) is 18.3 Å². The van der Waals surface area contributed by atoms with Crippen molar-refractivity contribution >= 4 is 17.6 Å². The number of anilines is 1. The fourth-order valence-corrected chi connectivity index (χ4v) is 3.10. The number of alkyl halides is 3. The Labute approximate surface area is 146 Å². The fraction of sp³-hybridized carbons (Fsp3) is 0.467. The van der Waals surface area contributed by atoms with Crippen LogP contribution in [0.15, 0.2) is 6.20 Å². The summed E-state index contributed by atoms with van der Waals surface area (Å²) < 4.78 is 41.9. The molecule has 0 bridgehead atoms. The number of nitrogens with two attached hydrogens (primary N) is 1.